The average Bonchev–Trinajstić information content (AvgIpc) is 2.95. The van der Waals surface area contributed by atoms with Crippen LogP contribution in [0.2, 0.25) is 0 Å². The van der Waals surface area contributed by atoms with Gasteiger partial charge in [0.1, 0.15) is 0 Å². The quantitative estimate of drug-likeness (QED) is 0.798. The van der Waals surface area contributed by atoms with E-state index in [0.717, 1.165) is 26.1 Å². The van der Waals surface area contributed by atoms with Crippen molar-refractivity contribution in [3.8, 4) is 0 Å². The van der Waals surface area contributed by atoms with Gasteiger partial charge in [0.05, 0.1) is 18.2 Å². The normalized spacial score (nSPS) is 28.8. The smallest absolute Gasteiger partial charge is 0.224 e. The van der Waals surface area contributed by atoms with Gasteiger partial charge in [-0.15, -0.1) is 0 Å². The summed E-state index contributed by atoms with van der Waals surface area (Å²) in [7, 11) is 0. The molecule has 2 atom stereocenters. The molecule has 1 amide bonds. The summed E-state index contributed by atoms with van der Waals surface area (Å²) in [6.45, 7) is 4.78. The van der Waals surface area contributed by atoms with Gasteiger partial charge < -0.3 is 15.1 Å². The topological polar surface area (TPSA) is 67.2 Å². The number of hydrogen-bond donors (Lipinski definition) is 2. The monoisotopic (exact) mass is 345 g/mol. The van der Waals surface area contributed by atoms with E-state index >= 15 is 0 Å². The molecule has 6 nitrogen and oxygen atoms in total. The number of hydrogen-bond acceptors (Lipinski definition) is 5. The van der Waals surface area contributed by atoms with Gasteiger partial charge in [-0.2, -0.15) is 0 Å². The molecule has 3 aliphatic rings. The largest absolute Gasteiger partial charge is 0.396 e. The molecule has 6 heteroatoms. The zero-order valence-corrected chi connectivity index (χ0v) is 14.5. The fraction of sp³-hybridized carbons (Fsp3) is 0.632. The van der Waals surface area contributed by atoms with Gasteiger partial charge in [-0.25, -0.2) is 0 Å². The van der Waals surface area contributed by atoms with Crippen molar-refractivity contribution >= 4 is 5.91 Å². The lowest BCUT2D eigenvalue weighted by Gasteiger charge is -2.61. The Kier molecular flexibility index (Phi) is 4.54. The number of carbonyl (C=O) groups excluding carboxylic acids is 1. The molecule has 2 N–H and O–H groups in total. The van der Waals surface area contributed by atoms with E-state index in [0.29, 0.717) is 19.6 Å². The Labute approximate surface area is 148 Å². The summed E-state index contributed by atoms with van der Waals surface area (Å²) in [6.07, 6.45) is 0.639. The molecule has 3 aliphatic heterocycles. The Morgan fingerprint density at radius 1 is 1.16 bits per heavy atom. The molecule has 0 aromatic heterocycles. The van der Waals surface area contributed by atoms with Crippen molar-refractivity contribution in [2.24, 2.45) is 0 Å². The van der Waals surface area contributed by atoms with Gasteiger partial charge in [-0.1, -0.05) is 30.3 Å². The van der Waals surface area contributed by atoms with E-state index in [4.69, 9.17) is 5.11 Å². The second kappa shape index (κ2) is 6.68. The van der Waals surface area contributed by atoms with Crippen molar-refractivity contribution in [2.75, 3.05) is 39.3 Å². The highest BCUT2D eigenvalue weighted by molar-refractivity contribution is 5.76. The van der Waals surface area contributed by atoms with E-state index in [1.54, 1.807) is 0 Å². The Balaban J connectivity index is 1.46. The summed E-state index contributed by atoms with van der Waals surface area (Å²) in [5.74, 6) is 0.0319. The number of benzene rings is 1. The predicted octanol–water partition coefficient (Wildman–Crippen LogP) is -0.0992. The lowest BCUT2D eigenvalue weighted by Crippen LogP contribution is -2.78. The third kappa shape index (κ3) is 3.19. The summed E-state index contributed by atoms with van der Waals surface area (Å²) in [5.41, 5.74) is 1.26. The molecule has 1 aromatic rings. The van der Waals surface area contributed by atoms with Gasteiger partial charge >= 0.3 is 0 Å². The molecule has 0 aliphatic carbocycles. The lowest BCUT2D eigenvalue weighted by molar-refractivity contribution is -0.151. The first kappa shape index (κ1) is 17.0. The predicted molar refractivity (Wildman–Crippen MR) is 93.9 cm³/mol. The molecule has 3 fully saturated rings. The van der Waals surface area contributed by atoms with E-state index < -0.39 is 0 Å². The number of rotatable bonds is 4. The van der Waals surface area contributed by atoms with Crippen LogP contribution in [0.5, 0.6) is 0 Å². The van der Waals surface area contributed by atoms with Crippen LogP contribution in [-0.2, 0) is 11.3 Å². The van der Waals surface area contributed by atoms with Crippen molar-refractivity contribution in [2.45, 2.75) is 37.1 Å². The molecule has 136 valence electrons. The average molecular weight is 345 g/mol. The number of piperazine rings is 1. The molecule has 1 spiro atoms. The number of β-amino-alcohol motifs (C(OH)–C–C–N with tert-alkyl or cyclic N) is 1. The summed E-state index contributed by atoms with van der Waals surface area (Å²) in [4.78, 5) is 19.1. The number of aliphatic hydroxyl groups excluding tert-OH is 2. The molecule has 0 radical (unpaired) electrons. The highest BCUT2D eigenvalue weighted by Crippen LogP contribution is 2.39. The van der Waals surface area contributed by atoms with E-state index in [2.05, 4.69) is 34.1 Å². The maximum atomic E-state index is 12.3. The number of likely N-dealkylation sites (tertiary alicyclic amines) is 1. The highest BCUT2D eigenvalue weighted by atomic mass is 16.3. The SMILES string of the molecule is O=C(CCO)N1C[C@@H]2C[C@@H](O)CN2C2(CN(Cc3ccccc3)C2)C1. The number of amides is 1. The Morgan fingerprint density at radius 3 is 2.64 bits per heavy atom. The van der Waals surface area contributed by atoms with E-state index in [-0.39, 0.29) is 36.6 Å². The number of carbonyl (C=O) groups is 1. The third-order valence-electron chi connectivity index (χ3n) is 5.88. The first-order valence-electron chi connectivity index (χ1n) is 9.19. The lowest BCUT2D eigenvalue weighted by atomic mass is 9.83. The van der Waals surface area contributed by atoms with Gasteiger partial charge in [0, 0.05) is 51.7 Å². The first-order chi connectivity index (χ1) is 12.1. The van der Waals surface area contributed by atoms with Gasteiger partial charge in [-0.05, 0) is 12.0 Å². The standard InChI is InChI=1S/C19H27N3O3/c23-7-6-18(25)21-10-16-8-17(24)11-22(16)19(14-21)12-20(13-19)9-15-4-2-1-3-5-15/h1-5,16-17,23-24H,6-14H2/t16-,17+/m0/s1. The van der Waals surface area contributed by atoms with Crippen LogP contribution in [-0.4, -0.2) is 87.8 Å². The summed E-state index contributed by atoms with van der Waals surface area (Å²) >= 11 is 0. The fourth-order valence-corrected chi connectivity index (χ4v) is 4.88. The molecule has 0 saturated carbocycles. The van der Waals surface area contributed by atoms with Crippen molar-refractivity contribution < 1.29 is 15.0 Å². The van der Waals surface area contributed by atoms with E-state index in [1.165, 1.54) is 5.56 Å². The van der Waals surface area contributed by atoms with Crippen LogP contribution >= 0.6 is 0 Å². The molecule has 3 saturated heterocycles. The Morgan fingerprint density at radius 2 is 1.92 bits per heavy atom. The zero-order chi connectivity index (χ0) is 17.4. The van der Waals surface area contributed by atoms with Gasteiger partial charge in [-0.3, -0.25) is 14.6 Å². The Hall–Kier alpha value is -1.47. The van der Waals surface area contributed by atoms with Gasteiger partial charge in [0.15, 0.2) is 0 Å². The number of fused-ring (bicyclic) bond motifs is 2. The highest BCUT2D eigenvalue weighted by Gasteiger charge is 2.56. The first-order valence-corrected chi connectivity index (χ1v) is 9.19. The minimum Gasteiger partial charge on any atom is -0.396 e. The molecule has 4 rings (SSSR count). The molecular formula is C19H27N3O3. The summed E-state index contributed by atoms with van der Waals surface area (Å²) in [6, 6.07) is 10.7. The van der Waals surface area contributed by atoms with Crippen molar-refractivity contribution in [3.63, 3.8) is 0 Å². The van der Waals surface area contributed by atoms with Crippen LogP contribution < -0.4 is 0 Å². The summed E-state index contributed by atoms with van der Waals surface area (Å²) < 4.78 is 0. The fourth-order valence-electron chi connectivity index (χ4n) is 4.88. The van der Waals surface area contributed by atoms with E-state index in [9.17, 15) is 9.90 Å². The minimum atomic E-state index is -0.294. The van der Waals surface area contributed by atoms with Crippen LogP contribution in [0.4, 0.5) is 0 Å². The van der Waals surface area contributed by atoms with Gasteiger partial charge in [0.2, 0.25) is 5.91 Å². The Bertz CT molecular complexity index is 618. The number of nitrogens with zero attached hydrogens (tertiary/aromatic N) is 3. The summed E-state index contributed by atoms with van der Waals surface area (Å²) in [5, 5.41) is 19.2. The minimum absolute atomic E-state index is 0.0319. The molecule has 25 heavy (non-hydrogen) atoms. The third-order valence-corrected chi connectivity index (χ3v) is 5.88. The van der Waals surface area contributed by atoms with Crippen LogP contribution in [0.25, 0.3) is 0 Å². The maximum absolute atomic E-state index is 12.3. The van der Waals surface area contributed by atoms with Crippen molar-refractivity contribution in [3.05, 3.63) is 35.9 Å². The van der Waals surface area contributed by atoms with Crippen LogP contribution in [0.3, 0.4) is 0 Å². The van der Waals surface area contributed by atoms with Crippen LogP contribution in [0.15, 0.2) is 30.3 Å². The van der Waals surface area contributed by atoms with Crippen LogP contribution in [0.1, 0.15) is 18.4 Å². The molecule has 0 bridgehead atoms. The maximum Gasteiger partial charge on any atom is 0.224 e. The molecular weight excluding hydrogens is 318 g/mol. The second-order valence-corrected chi connectivity index (χ2v) is 7.80. The second-order valence-electron chi connectivity index (χ2n) is 7.80. The van der Waals surface area contributed by atoms with Crippen molar-refractivity contribution in [1.82, 2.24) is 14.7 Å². The zero-order valence-electron chi connectivity index (χ0n) is 14.5. The number of aliphatic hydroxyl groups is 2. The molecule has 1 aromatic carbocycles. The van der Waals surface area contributed by atoms with Crippen molar-refractivity contribution in [1.29, 1.82) is 0 Å². The van der Waals surface area contributed by atoms with Crippen LogP contribution in [0, 0.1) is 0 Å². The van der Waals surface area contributed by atoms with E-state index in [1.807, 2.05) is 11.0 Å². The molecule has 0 unspecified atom stereocenters. The van der Waals surface area contributed by atoms with Gasteiger partial charge in [0.25, 0.3) is 0 Å². The molecule has 3 heterocycles.